The second kappa shape index (κ2) is 10.1. The van der Waals surface area contributed by atoms with Crippen LogP contribution in [-0.2, 0) is 5.41 Å². The van der Waals surface area contributed by atoms with Gasteiger partial charge in [0.15, 0.2) is 5.11 Å². The molecule has 0 unspecified atom stereocenters. The summed E-state index contributed by atoms with van der Waals surface area (Å²) in [6.45, 7) is 6.39. The lowest BCUT2D eigenvalue weighted by molar-refractivity contribution is 0.0975. The monoisotopic (exact) mass is 509 g/mol. The van der Waals surface area contributed by atoms with Crippen molar-refractivity contribution in [1.82, 2.24) is 5.32 Å². The Kier molecular flexibility index (Phi) is 7.43. The number of anilines is 2. The van der Waals surface area contributed by atoms with Gasteiger partial charge in [-0.2, -0.15) is 0 Å². The van der Waals surface area contributed by atoms with Crippen molar-refractivity contribution in [3.8, 4) is 0 Å². The van der Waals surface area contributed by atoms with E-state index in [0.717, 1.165) is 0 Å². The first-order valence-electron chi connectivity index (χ1n) is 10.0. The van der Waals surface area contributed by atoms with Gasteiger partial charge in [-0.1, -0.05) is 51.1 Å². The van der Waals surface area contributed by atoms with Gasteiger partial charge in [0.05, 0.1) is 5.56 Å². The molecule has 3 N–H and O–H groups in total. The van der Waals surface area contributed by atoms with Gasteiger partial charge in [0.25, 0.3) is 11.8 Å². The quantitative estimate of drug-likeness (QED) is 0.370. The maximum Gasteiger partial charge on any atom is 0.258 e. The number of thiocarbonyl (C=S) groups is 1. The summed E-state index contributed by atoms with van der Waals surface area (Å²) in [5, 5.41) is 8.67. The Hall–Kier alpha value is -3.03. The number of halogens is 1. The number of benzene rings is 3. The Bertz CT molecular complexity index is 1150. The molecule has 164 valence electrons. The van der Waals surface area contributed by atoms with Crippen molar-refractivity contribution in [2.75, 3.05) is 10.6 Å². The van der Waals surface area contributed by atoms with Crippen molar-refractivity contribution in [2.45, 2.75) is 26.2 Å². The van der Waals surface area contributed by atoms with Gasteiger partial charge in [-0.3, -0.25) is 14.9 Å². The summed E-state index contributed by atoms with van der Waals surface area (Å²) < 4.78 is 0.681. The third-order valence-corrected chi connectivity index (χ3v) is 5.63. The topological polar surface area (TPSA) is 70.2 Å². The lowest BCUT2D eigenvalue weighted by atomic mass is 9.87. The zero-order chi connectivity index (χ0) is 23.3. The lowest BCUT2D eigenvalue weighted by Crippen LogP contribution is -2.34. The Labute approximate surface area is 201 Å². The third-order valence-electron chi connectivity index (χ3n) is 4.74. The molecule has 0 spiro atoms. The minimum absolute atomic E-state index is 0.0272. The maximum atomic E-state index is 12.6. The third kappa shape index (κ3) is 6.24. The summed E-state index contributed by atoms with van der Waals surface area (Å²) in [4.78, 5) is 25.0. The van der Waals surface area contributed by atoms with E-state index in [1.807, 2.05) is 30.3 Å². The van der Waals surface area contributed by atoms with Crippen molar-refractivity contribution in [2.24, 2.45) is 0 Å². The number of nitrogens with one attached hydrogen (secondary N) is 3. The predicted molar refractivity (Wildman–Crippen MR) is 137 cm³/mol. The molecule has 0 bridgehead atoms. The van der Waals surface area contributed by atoms with Gasteiger partial charge in [-0.05, 0) is 81.6 Å². The van der Waals surface area contributed by atoms with Gasteiger partial charge in [-0.25, -0.2) is 0 Å². The van der Waals surface area contributed by atoms with Crippen LogP contribution in [0.15, 0.2) is 77.3 Å². The van der Waals surface area contributed by atoms with Crippen molar-refractivity contribution in [3.63, 3.8) is 0 Å². The predicted octanol–water partition coefficient (Wildman–Crippen LogP) is 6.13. The van der Waals surface area contributed by atoms with Gasteiger partial charge in [0, 0.05) is 21.4 Å². The van der Waals surface area contributed by atoms with E-state index in [1.165, 1.54) is 5.56 Å². The Balaban J connectivity index is 1.62. The molecule has 3 aromatic rings. The molecule has 5 nitrogen and oxygen atoms in total. The summed E-state index contributed by atoms with van der Waals surface area (Å²) in [6, 6.07) is 21.8. The van der Waals surface area contributed by atoms with Crippen LogP contribution in [0.4, 0.5) is 11.4 Å². The highest BCUT2D eigenvalue weighted by Crippen LogP contribution is 2.23. The molecule has 0 aliphatic heterocycles. The normalized spacial score (nSPS) is 10.9. The first kappa shape index (κ1) is 23.6. The molecule has 3 aromatic carbocycles. The van der Waals surface area contributed by atoms with Crippen LogP contribution in [0.25, 0.3) is 0 Å². The number of hydrogen-bond donors (Lipinski definition) is 3. The molecule has 0 radical (unpaired) electrons. The van der Waals surface area contributed by atoms with Crippen LogP contribution in [-0.4, -0.2) is 16.9 Å². The van der Waals surface area contributed by atoms with Crippen molar-refractivity contribution >= 4 is 56.4 Å². The van der Waals surface area contributed by atoms with Gasteiger partial charge in [-0.15, -0.1) is 0 Å². The number of carbonyl (C=O) groups is 2. The van der Waals surface area contributed by atoms with Gasteiger partial charge < -0.3 is 10.6 Å². The average Bonchev–Trinajstić information content (AvgIpc) is 2.73. The first-order chi connectivity index (χ1) is 15.1. The van der Waals surface area contributed by atoms with Crippen LogP contribution in [0.3, 0.4) is 0 Å². The molecule has 0 saturated carbocycles. The Morgan fingerprint density at radius 3 is 2.06 bits per heavy atom. The van der Waals surface area contributed by atoms with Crippen LogP contribution < -0.4 is 16.0 Å². The summed E-state index contributed by atoms with van der Waals surface area (Å²) in [7, 11) is 0. The zero-order valence-electron chi connectivity index (χ0n) is 18.0. The molecule has 0 atom stereocenters. The van der Waals surface area contributed by atoms with Gasteiger partial charge >= 0.3 is 0 Å². The van der Waals surface area contributed by atoms with E-state index in [-0.39, 0.29) is 22.3 Å². The first-order valence-corrected chi connectivity index (χ1v) is 11.2. The smallest absolute Gasteiger partial charge is 0.258 e. The van der Waals surface area contributed by atoms with E-state index >= 15 is 0 Å². The number of carbonyl (C=O) groups excluding carboxylic acids is 2. The minimum Gasteiger partial charge on any atom is -0.332 e. The molecule has 0 aliphatic rings. The van der Waals surface area contributed by atoms with E-state index in [0.29, 0.717) is 27.0 Å². The second-order valence-electron chi connectivity index (χ2n) is 8.25. The van der Waals surface area contributed by atoms with Crippen LogP contribution >= 0.6 is 28.1 Å². The highest BCUT2D eigenvalue weighted by molar-refractivity contribution is 9.10. The molecule has 7 heteroatoms. The van der Waals surface area contributed by atoms with E-state index in [4.69, 9.17) is 12.2 Å². The highest BCUT2D eigenvalue weighted by Gasteiger charge is 2.15. The fourth-order valence-corrected chi connectivity index (χ4v) is 3.65. The van der Waals surface area contributed by atoms with Gasteiger partial charge in [0.1, 0.15) is 0 Å². The molecule has 0 saturated heterocycles. The molecular weight excluding hydrogens is 486 g/mol. The van der Waals surface area contributed by atoms with Crippen LogP contribution in [0, 0.1) is 0 Å². The van der Waals surface area contributed by atoms with E-state index in [9.17, 15) is 9.59 Å². The second-order valence-corrected chi connectivity index (χ2v) is 9.51. The van der Waals surface area contributed by atoms with E-state index < -0.39 is 0 Å². The molecule has 3 rings (SSSR count). The van der Waals surface area contributed by atoms with Crippen molar-refractivity contribution in [3.05, 3.63) is 94.0 Å². The fourth-order valence-electron chi connectivity index (χ4n) is 2.98. The summed E-state index contributed by atoms with van der Waals surface area (Å²) in [5.74, 6) is -0.523. The number of amides is 2. The summed E-state index contributed by atoms with van der Waals surface area (Å²) in [6.07, 6.45) is 0. The average molecular weight is 510 g/mol. The van der Waals surface area contributed by atoms with Crippen molar-refractivity contribution in [1.29, 1.82) is 0 Å². The molecule has 0 aromatic heterocycles. The Morgan fingerprint density at radius 2 is 1.44 bits per heavy atom. The van der Waals surface area contributed by atoms with Crippen LogP contribution in [0.2, 0.25) is 0 Å². The maximum absolute atomic E-state index is 12.6. The van der Waals surface area contributed by atoms with Gasteiger partial charge in [0.2, 0.25) is 0 Å². The SMILES string of the molecule is CC(C)(C)c1ccc(C(=O)Nc2cccc(NC(=S)NC(=O)c3ccccc3Br)c2)cc1. The molecule has 0 fully saturated rings. The molecule has 32 heavy (non-hydrogen) atoms. The van der Waals surface area contributed by atoms with E-state index in [1.54, 1.807) is 42.5 Å². The standard InChI is InChI=1S/C25H24BrN3O2S/c1-25(2,3)17-13-11-16(12-14-17)22(30)27-18-7-6-8-19(15-18)28-24(32)29-23(31)20-9-4-5-10-21(20)26/h4-15H,1-3H3,(H,27,30)(H2,28,29,31,32). The zero-order valence-corrected chi connectivity index (χ0v) is 20.4. The summed E-state index contributed by atoms with van der Waals surface area (Å²) in [5.41, 5.74) is 3.50. The van der Waals surface area contributed by atoms with Crippen LogP contribution in [0.1, 0.15) is 47.1 Å². The minimum atomic E-state index is -0.321. The summed E-state index contributed by atoms with van der Waals surface area (Å²) >= 11 is 8.61. The largest absolute Gasteiger partial charge is 0.332 e. The lowest BCUT2D eigenvalue weighted by Gasteiger charge is -2.19. The van der Waals surface area contributed by atoms with Crippen LogP contribution in [0.5, 0.6) is 0 Å². The molecule has 2 amide bonds. The van der Waals surface area contributed by atoms with Crippen molar-refractivity contribution < 1.29 is 9.59 Å². The Morgan fingerprint density at radius 1 is 0.812 bits per heavy atom. The molecule has 0 heterocycles. The highest BCUT2D eigenvalue weighted by atomic mass is 79.9. The number of rotatable bonds is 4. The molecular formula is C25H24BrN3O2S. The fraction of sp³-hybridized carbons (Fsp3) is 0.160. The molecule has 0 aliphatic carbocycles. The van der Waals surface area contributed by atoms with E-state index in [2.05, 4.69) is 52.7 Å². The number of hydrogen-bond acceptors (Lipinski definition) is 3.